The van der Waals surface area contributed by atoms with E-state index in [1.807, 2.05) is 44.2 Å². The van der Waals surface area contributed by atoms with Gasteiger partial charge >= 0.3 is 18.3 Å². The summed E-state index contributed by atoms with van der Waals surface area (Å²) in [6.45, 7) is 7.28. The van der Waals surface area contributed by atoms with Crippen LogP contribution in [0, 0.1) is 27.7 Å². The Kier molecular flexibility index (Phi) is 18.3. The van der Waals surface area contributed by atoms with Crippen LogP contribution >= 0.6 is 0 Å². The van der Waals surface area contributed by atoms with Gasteiger partial charge in [-0.05, 0) is 136 Å². The number of methoxy groups -OCH3 is 1. The number of nitrogens with zero attached hydrogens (tertiary/aromatic N) is 10. The minimum absolute atomic E-state index is 0. The largest absolute Gasteiger partial charge is 0.465 e. The standard InChI is InChI=1S/C28H22F3N7O.C18H16N4O2.C11H10F3N3.CH4/c1-17-5-6-19(10-25(17)37-27-33-9-7-24(36-27)20-4-3-8-32-14-20)26(39)35-22-11-21(28(29,30)31)12-23(13-22)38-15-18(2)34-16-38;1-12-5-6-13(17(23)24-2)10-16(12)22-18-20-9-7-15(21-18)14-4-3-8-19-11-14;1-7-5-17(6-16-7)10-3-8(11(12,13)14)2-9(15)4-10;/h3-16H,1-2H3,(H,35,39)(H,33,36,37);3-11H,1-2H3,(H,20,21,22);2-6H,15H2,1H3;1H4. The van der Waals surface area contributed by atoms with Crippen molar-refractivity contribution in [3.05, 3.63) is 216 Å². The summed E-state index contributed by atoms with van der Waals surface area (Å²) in [5, 5.41) is 8.86. The van der Waals surface area contributed by atoms with Crippen LogP contribution in [0.5, 0.6) is 0 Å². The third-order valence-corrected chi connectivity index (χ3v) is 11.7. The third kappa shape index (κ3) is 15.5. The molecule has 0 spiro atoms. The van der Waals surface area contributed by atoms with Gasteiger partial charge in [0.05, 0.1) is 59.2 Å². The van der Waals surface area contributed by atoms with Crippen molar-refractivity contribution in [2.45, 2.75) is 47.5 Å². The van der Waals surface area contributed by atoms with E-state index < -0.39 is 29.4 Å². The summed E-state index contributed by atoms with van der Waals surface area (Å²) >= 11 is 0. The zero-order chi connectivity index (χ0) is 57.1. The molecule has 10 rings (SSSR count). The average molecular weight is 1110 g/mol. The molecule has 414 valence electrons. The lowest BCUT2D eigenvalue weighted by atomic mass is 10.1. The lowest BCUT2D eigenvalue weighted by Crippen LogP contribution is -2.14. The molecule has 23 heteroatoms. The number of amides is 1. The molecule has 1 amide bonds. The highest BCUT2D eigenvalue weighted by Crippen LogP contribution is 2.35. The molecule has 0 fully saturated rings. The Bertz CT molecular complexity index is 3800. The summed E-state index contributed by atoms with van der Waals surface area (Å²) in [7, 11) is 1.36. The number of hydrogen-bond acceptors (Lipinski definition) is 14. The SMILES string of the molecule is C.COC(=O)c1ccc(C)c(Nc2nccc(-c3cccnc3)n2)c1.Cc1cn(-c2cc(N)cc(C(F)(F)F)c2)cn1.Cc1cn(-c2cc(NC(=O)c3ccc(C)c(Nc4nccc(-c5cccnc5)n4)c3)cc(C(F)(F)F)c2)cn1. The second-order valence-corrected chi connectivity index (χ2v) is 17.7. The second kappa shape index (κ2) is 25.4. The highest BCUT2D eigenvalue weighted by molar-refractivity contribution is 6.05. The van der Waals surface area contributed by atoms with Gasteiger partial charge in [0.25, 0.3) is 5.91 Å². The number of aryl methyl sites for hydroxylation is 4. The van der Waals surface area contributed by atoms with Gasteiger partial charge in [-0.1, -0.05) is 19.6 Å². The van der Waals surface area contributed by atoms with Gasteiger partial charge in [-0.2, -0.15) is 26.3 Å². The molecule has 0 atom stereocenters. The quantitative estimate of drug-likeness (QED) is 0.0538. The molecule has 6 heterocycles. The van der Waals surface area contributed by atoms with Crippen molar-refractivity contribution in [2.24, 2.45) is 0 Å². The fourth-order valence-electron chi connectivity index (χ4n) is 7.60. The summed E-state index contributed by atoms with van der Waals surface area (Å²) in [6.07, 6.45) is 7.20. The normalized spacial score (nSPS) is 11.0. The number of carbonyl (C=O) groups is 2. The number of carbonyl (C=O) groups excluding carboxylic acids is 2. The van der Waals surface area contributed by atoms with Crippen LogP contribution < -0.4 is 21.7 Å². The molecule has 17 nitrogen and oxygen atoms in total. The van der Waals surface area contributed by atoms with Crippen molar-refractivity contribution >= 4 is 46.5 Å². The Hall–Kier alpha value is -10.3. The Labute approximate surface area is 461 Å². The molecule has 5 N–H and O–H groups in total. The topological polar surface area (TPSA) is 218 Å². The van der Waals surface area contributed by atoms with Gasteiger partial charge in [0.2, 0.25) is 11.9 Å². The molecular formula is C58H52F6N14O3. The van der Waals surface area contributed by atoms with Crippen LogP contribution in [0.3, 0.4) is 0 Å². The van der Waals surface area contributed by atoms with Crippen LogP contribution in [-0.4, -0.2) is 68.0 Å². The highest BCUT2D eigenvalue weighted by atomic mass is 19.4. The molecule has 0 unspecified atom stereocenters. The molecule has 0 aliphatic heterocycles. The van der Waals surface area contributed by atoms with Crippen molar-refractivity contribution in [1.29, 1.82) is 0 Å². The minimum atomic E-state index is -4.60. The van der Waals surface area contributed by atoms with E-state index in [1.165, 1.54) is 41.0 Å². The molecule has 0 saturated heterocycles. The van der Waals surface area contributed by atoms with E-state index >= 15 is 0 Å². The number of anilines is 6. The Morgan fingerprint density at radius 2 is 1.05 bits per heavy atom. The van der Waals surface area contributed by atoms with Crippen molar-refractivity contribution in [3.63, 3.8) is 0 Å². The summed E-state index contributed by atoms with van der Waals surface area (Å²) in [4.78, 5) is 58.5. The Balaban J connectivity index is 0.000000192. The number of ether oxygens (including phenoxy) is 1. The van der Waals surface area contributed by atoms with Gasteiger partial charge in [-0.25, -0.2) is 34.7 Å². The highest BCUT2D eigenvalue weighted by Gasteiger charge is 2.32. The van der Waals surface area contributed by atoms with E-state index in [1.54, 1.807) is 106 Å². The lowest BCUT2D eigenvalue weighted by molar-refractivity contribution is -0.138. The first-order chi connectivity index (χ1) is 38.2. The van der Waals surface area contributed by atoms with Gasteiger partial charge in [0, 0.05) is 100 Å². The number of esters is 1. The molecule has 10 aromatic rings. The summed E-state index contributed by atoms with van der Waals surface area (Å²) < 4.78 is 86.3. The maximum Gasteiger partial charge on any atom is 0.416 e. The number of nitrogens with one attached hydrogen (secondary N) is 3. The van der Waals surface area contributed by atoms with Gasteiger partial charge in [-0.15, -0.1) is 0 Å². The van der Waals surface area contributed by atoms with E-state index in [2.05, 4.69) is 55.8 Å². The van der Waals surface area contributed by atoms with Crippen molar-refractivity contribution in [3.8, 4) is 33.9 Å². The monoisotopic (exact) mass is 1110 g/mol. The fourth-order valence-corrected chi connectivity index (χ4v) is 7.60. The van der Waals surface area contributed by atoms with Crippen molar-refractivity contribution in [1.82, 2.24) is 49.0 Å². The summed E-state index contributed by atoms with van der Waals surface area (Å²) in [5.41, 5.74) is 12.8. The van der Waals surface area contributed by atoms with E-state index in [9.17, 15) is 35.9 Å². The van der Waals surface area contributed by atoms with E-state index in [0.717, 1.165) is 63.6 Å². The molecule has 0 radical (unpaired) electrons. The van der Waals surface area contributed by atoms with Gasteiger partial charge in [0.1, 0.15) is 0 Å². The number of rotatable bonds is 11. The third-order valence-electron chi connectivity index (χ3n) is 11.7. The molecule has 0 aliphatic carbocycles. The maximum absolute atomic E-state index is 13.6. The number of aromatic nitrogens is 10. The van der Waals surface area contributed by atoms with Crippen LogP contribution in [-0.2, 0) is 17.1 Å². The van der Waals surface area contributed by atoms with Crippen LogP contribution in [0.2, 0.25) is 0 Å². The molecule has 81 heavy (non-hydrogen) atoms. The summed E-state index contributed by atoms with van der Waals surface area (Å²) in [6, 6.07) is 28.0. The number of imidazole rings is 2. The van der Waals surface area contributed by atoms with E-state index in [4.69, 9.17) is 10.5 Å². The molecule has 0 saturated carbocycles. The average Bonchev–Trinajstić information content (AvgIpc) is 4.29. The van der Waals surface area contributed by atoms with Crippen LogP contribution in [0.4, 0.5) is 61.0 Å². The number of benzene rings is 4. The first-order valence-corrected chi connectivity index (χ1v) is 24.0. The van der Waals surface area contributed by atoms with Crippen molar-refractivity contribution < 1.29 is 40.7 Å². The second-order valence-electron chi connectivity index (χ2n) is 17.7. The van der Waals surface area contributed by atoms with Crippen LogP contribution in [0.15, 0.2) is 171 Å². The van der Waals surface area contributed by atoms with Gasteiger partial charge in [-0.3, -0.25) is 14.8 Å². The maximum atomic E-state index is 13.6. The zero-order valence-corrected chi connectivity index (χ0v) is 43.2. The van der Waals surface area contributed by atoms with Crippen LogP contribution in [0.25, 0.3) is 33.9 Å². The van der Waals surface area contributed by atoms with Crippen LogP contribution in [0.1, 0.15) is 61.8 Å². The Morgan fingerprint density at radius 1 is 0.568 bits per heavy atom. The fraction of sp³-hybridized carbons (Fsp3) is 0.138. The van der Waals surface area contributed by atoms with E-state index in [0.29, 0.717) is 40.2 Å². The minimum Gasteiger partial charge on any atom is -0.465 e. The molecule has 6 aromatic heterocycles. The number of hydrogen-bond donors (Lipinski definition) is 4. The van der Waals surface area contributed by atoms with Crippen molar-refractivity contribution in [2.75, 3.05) is 28.8 Å². The molecule has 4 aromatic carbocycles. The predicted octanol–water partition coefficient (Wildman–Crippen LogP) is 13.2. The molecule has 0 aliphatic rings. The number of nitrogen functional groups attached to an aromatic ring is 1. The summed E-state index contributed by atoms with van der Waals surface area (Å²) in [5.74, 6) is -0.199. The van der Waals surface area contributed by atoms with Gasteiger partial charge in [0.15, 0.2) is 0 Å². The first-order valence-electron chi connectivity index (χ1n) is 24.0. The molecular weight excluding hydrogens is 1050 g/mol. The first kappa shape index (κ1) is 58.4. The lowest BCUT2D eigenvalue weighted by Gasteiger charge is -2.14. The molecule has 0 bridgehead atoms. The predicted molar refractivity (Wildman–Crippen MR) is 296 cm³/mol. The van der Waals surface area contributed by atoms with E-state index in [-0.39, 0.29) is 36.0 Å². The smallest absolute Gasteiger partial charge is 0.416 e. The van der Waals surface area contributed by atoms with Gasteiger partial charge < -0.3 is 35.6 Å². The number of alkyl halides is 6. The number of pyridine rings is 2. The zero-order valence-electron chi connectivity index (χ0n) is 43.2. The number of nitrogens with two attached hydrogens (primary N) is 1. The number of halogens is 6. The Morgan fingerprint density at radius 3 is 1.51 bits per heavy atom.